The zero-order valence-corrected chi connectivity index (χ0v) is 16.1. The summed E-state index contributed by atoms with van der Waals surface area (Å²) < 4.78 is 40.7. The van der Waals surface area contributed by atoms with E-state index in [1.165, 1.54) is 18.2 Å². The number of carbonyl (C=O) groups excluding carboxylic acids is 1. The molecule has 7 nitrogen and oxygen atoms in total. The van der Waals surface area contributed by atoms with Crippen molar-refractivity contribution in [3.05, 3.63) is 47.7 Å². The third-order valence-electron chi connectivity index (χ3n) is 3.73. The molecule has 0 radical (unpaired) electrons. The van der Waals surface area contributed by atoms with Crippen LogP contribution in [-0.2, 0) is 17.6 Å². The number of thiocarbonyl (C=S) groups is 1. The van der Waals surface area contributed by atoms with Crippen LogP contribution < -0.4 is 21.3 Å². The van der Waals surface area contributed by atoms with Crippen LogP contribution in [0.1, 0.15) is 30.5 Å². The highest BCUT2D eigenvalue weighted by molar-refractivity contribution is 7.80. The third-order valence-corrected chi connectivity index (χ3v) is 4.05. The lowest BCUT2D eigenvalue weighted by Crippen LogP contribution is -2.28. The Kier molecular flexibility index (Phi) is 8.28. The van der Waals surface area contributed by atoms with Crippen LogP contribution in [0.15, 0.2) is 36.4 Å². The lowest BCUT2D eigenvalue weighted by molar-refractivity contribution is -0.274. The highest BCUT2D eigenvalue weighted by atomic mass is 32.1. The Labute approximate surface area is 170 Å². The quantitative estimate of drug-likeness (QED) is 0.245. The summed E-state index contributed by atoms with van der Waals surface area (Å²) in [5.74, 6) is 4.65. The number of anilines is 1. The van der Waals surface area contributed by atoms with E-state index >= 15 is 0 Å². The van der Waals surface area contributed by atoms with Gasteiger partial charge in [-0.1, -0.05) is 24.4 Å². The summed E-state index contributed by atoms with van der Waals surface area (Å²) >= 11 is 4.96. The van der Waals surface area contributed by atoms with E-state index < -0.39 is 12.3 Å². The van der Waals surface area contributed by atoms with Crippen LogP contribution in [-0.4, -0.2) is 27.5 Å². The summed E-state index contributed by atoms with van der Waals surface area (Å²) in [4.78, 5) is 12.7. The van der Waals surface area contributed by atoms with Crippen molar-refractivity contribution in [1.29, 1.82) is 0 Å². The molecule has 0 saturated heterocycles. The average Bonchev–Trinajstić information content (AvgIpc) is 2.65. The molecule has 2 rings (SSSR count). The van der Waals surface area contributed by atoms with Gasteiger partial charge in [-0.3, -0.25) is 10.6 Å². The Balaban J connectivity index is 1.82. The van der Waals surface area contributed by atoms with Crippen LogP contribution >= 0.6 is 12.2 Å². The topological polar surface area (TPSA) is 102 Å². The summed E-state index contributed by atoms with van der Waals surface area (Å²) in [6.45, 7) is 0. The molecule has 0 unspecified atom stereocenters. The molecule has 0 aliphatic carbocycles. The van der Waals surface area contributed by atoms with E-state index in [-0.39, 0.29) is 18.0 Å². The summed E-state index contributed by atoms with van der Waals surface area (Å²) in [6, 6.07) is 8.61. The summed E-state index contributed by atoms with van der Waals surface area (Å²) in [7, 11) is 0. The molecule has 0 aliphatic rings. The Morgan fingerprint density at radius 3 is 2.62 bits per heavy atom. The zero-order chi connectivity index (χ0) is 21.3. The molecule has 29 heavy (non-hydrogen) atoms. The fraction of sp³-hybridized carbons (Fsp3) is 0.333. The highest BCUT2D eigenvalue weighted by Crippen LogP contribution is 2.23. The monoisotopic (exact) mass is 427 g/mol. The number of hydrogen-bond acceptors (Lipinski definition) is 6. The molecular formula is C18H20F3N5O2S. The molecule has 11 heteroatoms. The van der Waals surface area contributed by atoms with Gasteiger partial charge in [-0.15, -0.1) is 18.3 Å². The summed E-state index contributed by atoms with van der Waals surface area (Å²) in [6.07, 6.45) is -1.79. The van der Waals surface area contributed by atoms with Crippen molar-refractivity contribution in [2.75, 3.05) is 5.32 Å². The number of nitrogens with one attached hydrogen (secondary N) is 2. The van der Waals surface area contributed by atoms with Gasteiger partial charge in [0.15, 0.2) is 5.82 Å². The lowest BCUT2D eigenvalue weighted by atomic mass is 10.1. The second-order valence-corrected chi connectivity index (χ2v) is 6.60. The molecule has 1 aromatic carbocycles. The van der Waals surface area contributed by atoms with Gasteiger partial charge in [-0.25, -0.2) is 0 Å². The zero-order valence-electron chi connectivity index (χ0n) is 15.3. The second-order valence-electron chi connectivity index (χ2n) is 6.10. The maximum atomic E-state index is 12.3. The van der Waals surface area contributed by atoms with E-state index in [0.29, 0.717) is 23.4 Å². The van der Waals surface area contributed by atoms with Crippen LogP contribution in [0.3, 0.4) is 0 Å². The number of unbranched alkanes of at least 4 members (excludes halogenated alkanes) is 1. The predicted molar refractivity (Wildman–Crippen MR) is 105 cm³/mol. The number of ether oxygens (including phenoxy) is 1. The summed E-state index contributed by atoms with van der Waals surface area (Å²) in [5, 5.41) is 10.6. The van der Waals surface area contributed by atoms with E-state index in [4.69, 9.17) is 18.1 Å². The molecule has 0 spiro atoms. The average molecular weight is 427 g/mol. The third kappa shape index (κ3) is 8.83. The van der Waals surface area contributed by atoms with Gasteiger partial charge >= 0.3 is 6.36 Å². The first-order chi connectivity index (χ1) is 13.7. The molecule has 0 bridgehead atoms. The Hall–Kier alpha value is -2.79. The maximum Gasteiger partial charge on any atom is 0.573 e. The van der Waals surface area contributed by atoms with Gasteiger partial charge in [0.05, 0.1) is 17.1 Å². The molecule has 2 aromatic rings. The largest absolute Gasteiger partial charge is 0.573 e. The van der Waals surface area contributed by atoms with Crippen LogP contribution in [0, 0.1) is 0 Å². The minimum Gasteiger partial charge on any atom is -0.406 e. The second kappa shape index (κ2) is 10.7. The SMILES string of the molecule is NNC(=S)CCCCc1ccc(NC(=O)Cc2cccc(OC(F)(F)F)c2)nn1. The molecule has 1 amide bonds. The molecule has 4 N–H and O–H groups in total. The smallest absolute Gasteiger partial charge is 0.406 e. The van der Waals surface area contributed by atoms with Crippen LogP contribution in [0.2, 0.25) is 0 Å². The van der Waals surface area contributed by atoms with Crippen LogP contribution in [0.5, 0.6) is 5.75 Å². The molecule has 0 aliphatic heterocycles. The molecule has 0 saturated carbocycles. The summed E-state index contributed by atoms with van der Waals surface area (Å²) in [5.41, 5.74) is 3.57. The number of nitrogens with zero attached hydrogens (tertiary/aromatic N) is 2. The van der Waals surface area contributed by atoms with Crippen molar-refractivity contribution in [1.82, 2.24) is 15.6 Å². The fourth-order valence-corrected chi connectivity index (χ4v) is 2.59. The number of aromatic nitrogens is 2. The van der Waals surface area contributed by atoms with Crippen LogP contribution in [0.25, 0.3) is 0 Å². The number of rotatable bonds is 9. The number of aryl methyl sites for hydroxylation is 1. The van der Waals surface area contributed by atoms with E-state index in [1.54, 1.807) is 12.1 Å². The van der Waals surface area contributed by atoms with E-state index in [9.17, 15) is 18.0 Å². The molecule has 1 heterocycles. The van der Waals surface area contributed by atoms with E-state index in [2.05, 4.69) is 25.7 Å². The van der Waals surface area contributed by atoms with Gasteiger partial charge in [0, 0.05) is 0 Å². The number of nitrogens with two attached hydrogens (primary N) is 1. The van der Waals surface area contributed by atoms with Crippen molar-refractivity contribution < 1.29 is 22.7 Å². The first kappa shape index (κ1) is 22.5. The number of alkyl halides is 3. The lowest BCUT2D eigenvalue weighted by Gasteiger charge is -2.10. The van der Waals surface area contributed by atoms with Crippen molar-refractivity contribution in [2.45, 2.75) is 38.5 Å². The van der Waals surface area contributed by atoms with Gasteiger partial charge in [-0.05, 0) is 55.5 Å². The van der Waals surface area contributed by atoms with E-state index in [0.717, 1.165) is 24.6 Å². The molecule has 0 fully saturated rings. The predicted octanol–water partition coefficient (Wildman–Crippen LogP) is 3.06. The number of benzene rings is 1. The Morgan fingerprint density at radius 1 is 1.17 bits per heavy atom. The fourth-order valence-electron chi connectivity index (χ4n) is 2.45. The van der Waals surface area contributed by atoms with Gasteiger partial charge in [0.2, 0.25) is 5.91 Å². The van der Waals surface area contributed by atoms with Crippen LogP contribution in [0.4, 0.5) is 19.0 Å². The number of halogens is 3. The number of hydrogen-bond donors (Lipinski definition) is 3. The number of carbonyl (C=O) groups is 1. The van der Waals surface area contributed by atoms with E-state index in [1.807, 2.05) is 0 Å². The minimum atomic E-state index is -4.79. The standard InChI is InChI=1S/C18H20F3N5O2S/c19-18(20,21)28-14-6-3-4-12(10-14)11-16(27)23-15-9-8-13(25-26-15)5-1-2-7-17(29)24-22/h3-4,6,8-10H,1-2,5,7,11,22H2,(H,24,29)(H,23,26,27). The van der Waals surface area contributed by atoms with Crippen molar-refractivity contribution in [2.24, 2.45) is 5.84 Å². The normalized spacial score (nSPS) is 11.0. The first-order valence-electron chi connectivity index (χ1n) is 8.72. The van der Waals surface area contributed by atoms with Gasteiger partial charge < -0.3 is 15.5 Å². The van der Waals surface area contributed by atoms with Gasteiger partial charge in [0.25, 0.3) is 0 Å². The molecule has 0 atom stereocenters. The Morgan fingerprint density at radius 2 is 1.97 bits per heavy atom. The van der Waals surface area contributed by atoms with Gasteiger partial charge in [0.1, 0.15) is 5.75 Å². The van der Waals surface area contributed by atoms with Crippen molar-refractivity contribution in [3.8, 4) is 5.75 Å². The van der Waals surface area contributed by atoms with Crippen molar-refractivity contribution in [3.63, 3.8) is 0 Å². The highest BCUT2D eigenvalue weighted by Gasteiger charge is 2.31. The van der Waals surface area contributed by atoms with Gasteiger partial charge in [-0.2, -0.15) is 5.10 Å². The Bertz CT molecular complexity index is 831. The first-order valence-corrected chi connectivity index (χ1v) is 9.12. The molecule has 156 valence electrons. The molecule has 1 aromatic heterocycles. The molecular weight excluding hydrogens is 407 g/mol. The number of hydrazine groups is 1. The number of amides is 1. The van der Waals surface area contributed by atoms with Crippen molar-refractivity contribution >= 4 is 28.9 Å². The minimum absolute atomic E-state index is 0.131. The maximum absolute atomic E-state index is 12.3.